The van der Waals surface area contributed by atoms with Crippen LogP contribution in [-0.2, 0) is 5.41 Å². The van der Waals surface area contributed by atoms with Crippen LogP contribution in [0.4, 0.5) is 11.4 Å². The van der Waals surface area contributed by atoms with Gasteiger partial charge in [-0.2, -0.15) is 0 Å². The predicted octanol–water partition coefficient (Wildman–Crippen LogP) is 14.3. The summed E-state index contributed by atoms with van der Waals surface area (Å²) in [7, 11) is 0. The Balaban J connectivity index is 1.24. The predicted molar refractivity (Wildman–Crippen MR) is 249 cm³/mol. The van der Waals surface area contributed by atoms with E-state index in [1.807, 2.05) is 37.3 Å². The van der Waals surface area contributed by atoms with E-state index in [9.17, 15) is 0 Å². The first-order valence-corrected chi connectivity index (χ1v) is 20.6. The van der Waals surface area contributed by atoms with E-state index in [1.165, 1.54) is 22.3 Å². The highest BCUT2D eigenvalue weighted by atomic mass is 16.3. The summed E-state index contributed by atoms with van der Waals surface area (Å²) in [6.45, 7) is 11.2. The summed E-state index contributed by atoms with van der Waals surface area (Å²) < 4.78 is 20.7. The molecule has 0 saturated carbocycles. The lowest BCUT2D eigenvalue weighted by Gasteiger charge is -2.28. The number of hydrogen-bond acceptors (Lipinski definition) is 4. The fourth-order valence-corrected chi connectivity index (χ4v) is 10.1. The fourth-order valence-electron chi connectivity index (χ4n) is 10.1. The second kappa shape index (κ2) is 12.7. The van der Waals surface area contributed by atoms with Crippen molar-refractivity contribution in [2.45, 2.75) is 26.2 Å². The molecule has 286 valence electrons. The van der Waals surface area contributed by atoms with Gasteiger partial charge in [-0.15, -0.1) is 0 Å². The molecular formula is C56H39NO3. The Morgan fingerprint density at radius 2 is 1.22 bits per heavy atom. The Kier molecular flexibility index (Phi) is 7.31. The van der Waals surface area contributed by atoms with Crippen LogP contribution in [0, 0.1) is 0 Å². The zero-order valence-electron chi connectivity index (χ0n) is 33.5. The summed E-state index contributed by atoms with van der Waals surface area (Å²) in [4.78, 5) is 2.31. The highest BCUT2D eigenvalue weighted by Crippen LogP contribution is 2.51. The van der Waals surface area contributed by atoms with E-state index in [0.717, 1.165) is 104 Å². The van der Waals surface area contributed by atoms with Crippen molar-refractivity contribution in [2.24, 2.45) is 0 Å². The largest absolute Gasteiger partial charge is 0.456 e. The molecule has 0 aliphatic heterocycles. The van der Waals surface area contributed by atoms with Crippen LogP contribution in [0.25, 0.3) is 99.6 Å². The first-order valence-electron chi connectivity index (χ1n) is 20.6. The van der Waals surface area contributed by atoms with Gasteiger partial charge in [0.05, 0.1) is 16.6 Å². The summed E-state index contributed by atoms with van der Waals surface area (Å²) in [5.41, 5.74) is 14.6. The van der Waals surface area contributed by atoms with Crippen LogP contribution in [-0.4, -0.2) is 0 Å². The number of anilines is 2. The molecule has 12 rings (SSSR count). The first kappa shape index (κ1) is 34.5. The van der Waals surface area contributed by atoms with Crippen molar-refractivity contribution in [3.63, 3.8) is 0 Å². The summed E-state index contributed by atoms with van der Waals surface area (Å²) in [5, 5.41) is 8.35. The van der Waals surface area contributed by atoms with Gasteiger partial charge in [0.1, 0.15) is 27.7 Å². The molecular weight excluding hydrogens is 735 g/mol. The zero-order chi connectivity index (χ0) is 40.3. The molecule has 3 aromatic heterocycles. The van der Waals surface area contributed by atoms with E-state index in [1.54, 1.807) is 0 Å². The number of fused-ring (bicyclic) bond motifs is 11. The molecule has 0 unspecified atom stereocenters. The van der Waals surface area contributed by atoms with Crippen LogP contribution in [0.5, 0.6) is 0 Å². The molecule has 1 aliphatic carbocycles. The van der Waals surface area contributed by atoms with Crippen LogP contribution in [0.1, 0.15) is 31.9 Å². The summed E-state index contributed by atoms with van der Waals surface area (Å²) in [6, 6.07) is 55.8. The molecule has 0 amide bonds. The number of nitrogens with zero attached hydrogens (tertiary/aromatic N) is 1. The Morgan fingerprint density at radius 1 is 0.550 bits per heavy atom. The molecule has 4 nitrogen and oxygen atoms in total. The Morgan fingerprint density at radius 3 is 2.05 bits per heavy atom. The highest BCUT2D eigenvalue weighted by Gasteiger charge is 2.36. The Bertz CT molecular complexity index is 3740. The quantitative estimate of drug-likeness (QED) is 0.175. The maximum Gasteiger partial charge on any atom is 0.159 e. The lowest BCUT2D eigenvalue weighted by molar-refractivity contribution is 0.575. The van der Waals surface area contributed by atoms with Gasteiger partial charge in [0.25, 0.3) is 0 Å². The summed E-state index contributed by atoms with van der Waals surface area (Å²) in [5.74, 6) is 0. The molecule has 0 N–H and O–H groups in total. The fraction of sp³-hybridized carbons (Fsp3) is 0.0714. The smallest absolute Gasteiger partial charge is 0.159 e. The third-order valence-corrected chi connectivity index (χ3v) is 12.8. The van der Waals surface area contributed by atoms with Crippen molar-refractivity contribution in [3.8, 4) is 22.3 Å². The Hall–Kier alpha value is -7.56. The minimum Gasteiger partial charge on any atom is -0.456 e. The van der Waals surface area contributed by atoms with Gasteiger partial charge in [-0.25, -0.2) is 0 Å². The molecule has 0 saturated heterocycles. The highest BCUT2D eigenvalue weighted by molar-refractivity contribution is 6.22. The first-order chi connectivity index (χ1) is 29.4. The monoisotopic (exact) mass is 773 g/mol. The maximum absolute atomic E-state index is 7.18. The zero-order valence-corrected chi connectivity index (χ0v) is 33.5. The number of hydrogen-bond donors (Lipinski definition) is 0. The van der Waals surface area contributed by atoms with Crippen molar-refractivity contribution in [3.05, 3.63) is 192 Å². The van der Waals surface area contributed by atoms with Crippen LogP contribution in [0.3, 0.4) is 0 Å². The molecule has 0 spiro atoms. The lowest BCUT2D eigenvalue weighted by atomic mass is 9.82. The van der Waals surface area contributed by atoms with E-state index < -0.39 is 0 Å². The topological polar surface area (TPSA) is 42.7 Å². The van der Waals surface area contributed by atoms with Crippen LogP contribution in [0.15, 0.2) is 184 Å². The third kappa shape index (κ3) is 4.73. The molecule has 0 atom stereocenters. The summed E-state index contributed by atoms with van der Waals surface area (Å²) >= 11 is 0. The van der Waals surface area contributed by atoms with Gasteiger partial charge in [0.2, 0.25) is 0 Å². The summed E-state index contributed by atoms with van der Waals surface area (Å²) in [6.07, 6.45) is 4.03. The molecule has 0 radical (unpaired) electrons. The standard InChI is InChI=1S/C56H39NO3/c1-5-45(51-42-32-50-52(41-22-11-14-28-49(41)58-50)53(55(42)59-47(51)6-2)39-23-15-18-33-17-7-8-19-35(33)39)57(46-26-16-24-40-38-21-10-13-27-48(38)60-54(40)46)34-29-30-37-36-20-9-12-25-43(36)56(3,4)44(37)31-34/h5-32H,1H2,2-4H3/b47-6+,51-45+. The normalized spacial score (nSPS) is 14.2. The lowest BCUT2D eigenvalue weighted by Crippen LogP contribution is -2.30. The van der Waals surface area contributed by atoms with Gasteiger partial charge in [-0.1, -0.05) is 142 Å². The van der Waals surface area contributed by atoms with Crippen LogP contribution >= 0.6 is 0 Å². The van der Waals surface area contributed by atoms with Gasteiger partial charge in [-0.05, 0) is 94.1 Å². The van der Waals surface area contributed by atoms with E-state index in [2.05, 4.69) is 165 Å². The molecule has 0 bridgehead atoms. The van der Waals surface area contributed by atoms with Gasteiger partial charge >= 0.3 is 0 Å². The third-order valence-electron chi connectivity index (χ3n) is 12.8. The average molecular weight is 774 g/mol. The molecule has 1 aliphatic rings. The molecule has 3 heterocycles. The SMILES string of the molecule is C=C/C(=c1\c(=C/C)oc2c(-c3cccc4ccccc34)c3c(cc12)oc1ccccc13)N(c1ccc2c(c1)C(C)(C)c1ccccc1-2)c1cccc2c1oc1ccccc12. The molecule has 8 aromatic carbocycles. The van der Waals surface area contributed by atoms with Crippen molar-refractivity contribution in [2.75, 3.05) is 4.90 Å². The molecule has 60 heavy (non-hydrogen) atoms. The molecule has 11 aromatic rings. The number of para-hydroxylation sites is 3. The average Bonchev–Trinajstić information content (AvgIpc) is 4.03. The minimum absolute atomic E-state index is 0.210. The van der Waals surface area contributed by atoms with Gasteiger partial charge in [0.15, 0.2) is 5.58 Å². The van der Waals surface area contributed by atoms with Gasteiger partial charge in [-0.3, -0.25) is 0 Å². The van der Waals surface area contributed by atoms with Crippen molar-refractivity contribution in [1.29, 1.82) is 0 Å². The second-order valence-electron chi connectivity index (χ2n) is 16.3. The van der Waals surface area contributed by atoms with Crippen LogP contribution < -0.4 is 15.5 Å². The van der Waals surface area contributed by atoms with Gasteiger partial charge < -0.3 is 18.2 Å². The number of furan rings is 3. The molecule has 4 heteroatoms. The second-order valence-corrected chi connectivity index (χ2v) is 16.3. The van der Waals surface area contributed by atoms with Crippen molar-refractivity contribution < 1.29 is 13.3 Å². The minimum atomic E-state index is -0.210. The van der Waals surface area contributed by atoms with E-state index >= 15 is 0 Å². The molecule has 0 fully saturated rings. The van der Waals surface area contributed by atoms with Crippen molar-refractivity contribution >= 4 is 88.8 Å². The number of rotatable bonds is 5. The van der Waals surface area contributed by atoms with E-state index in [0.29, 0.717) is 0 Å². The number of benzene rings is 8. The van der Waals surface area contributed by atoms with E-state index in [-0.39, 0.29) is 5.41 Å². The van der Waals surface area contributed by atoms with Crippen molar-refractivity contribution in [1.82, 2.24) is 0 Å². The van der Waals surface area contributed by atoms with Crippen LogP contribution in [0.2, 0.25) is 0 Å². The van der Waals surface area contributed by atoms with E-state index in [4.69, 9.17) is 13.3 Å². The van der Waals surface area contributed by atoms with Gasteiger partial charge in [0, 0.05) is 43.6 Å². The maximum atomic E-state index is 7.18. The Labute approximate surface area is 346 Å².